The Labute approximate surface area is 194 Å². The summed E-state index contributed by atoms with van der Waals surface area (Å²) < 4.78 is 2.94. The highest BCUT2D eigenvalue weighted by Gasteiger charge is 2.74. The third-order valence-electron chi connectivity index (χ3n) is 5.62. The van der Waals surface area contributed by atoms with Crippen molar-refractivity contribution in [2.45, 2.75) is 59.9 Å². The van der Waals surface area contributed by atoms with Crippen LogP contribution in [0.1, 0.15) is 43.6 Å². The van der Waals surface area contributed by atoms with Crippen molar-refractivity contribution in [3.63, 3.8) is 0 Å². The molecule has 0 saturated carbocycles. The molecule has 31 heavy (non-hydrogen) atoms. The number of rotatable bonds is 7. The molecule has 1 unspecified atom stereocenters. The second kappa shape index (κ2) is 8.03. The summed E-state index contributed by atoms with van der Waals surface area (Å²) in [6.45, 7) is 10.4. The molecule has 0 bridgehead atoms. The van der Waals surface area contributed by atoms with Crippen LogP contribution in [0.3, 0.4) is 0 Å². The Balaban J connectivity index is 1.84. The van der Waals surface area contributed by atoms with Crippen molar-refractivity contribution in [3.05, 3.63) is 48.0 Å². The quantitative estimate of drug-likeness (QED) is 0.190. The zero-order valence-corrected chi connectivity index (χ0v) is 20.2. The number of carbonyl (C=O) groups is 3. The van der Waals surface area contributed by atoms with Crippen molar-refractivity contribution in [1.29, 1.82) is 0 Å². The second-order valence-corrected chi connectivity index (χ2v) is 11.8. The molecule has 3 rings (SSSR count). The molecule has 2 heterocycles. The zero-order chi connectivity index (χ0) is 23.4. The van der Waals surface area contributed by atoms with Gasteiger partial charge in [0.2, 0.25) is 5.91 Å². The largest absolute Gasteiger partial charge is 0.460 e. The van der Waals surface area contributed by atoms with Crippen molar-refractivity contribution in [2.24, 2.45) is 0 Å². The summed E-state index contributed by atoms with van der Waals surface area (Å²) in [6, 6.07) is 5.40. The Morgan fingerprint density at radius 2 is 1.94 bits per heavy atom. The number of alkyl halides is 1. The van der Waals surface area contributed by atoms with Crippen molar-refractivity contribution in [2.75, 3.05) is 6.61 Å². The third kappa shape index (κ3) is 3.86. The Hall–Kier alpha value is -1.68. The molecule has 2 aliphatic rings. The van der Waals surface area contributed by atoms with Gasteiger partial charge in [-0.2, -0.15) is 0 Å². The molecule has 1 amide bonds. The number of esters is 1. The van der Waals surface area contributed by atoms with Gasteiger partial charge in [-0.15, -0.1) is 11.8 Å². The predicted octanol–water partition coefficient (Wildman–Crippen LogP) is 2.38. The SMILES string of the molecule is C=CCOC(=O)[C@@H]1N2C(=O)[C@@](Br)(C(O)C(=O)c3ccc(C(C)(C)O)cc3)[C@H]2SC1(C)C. The maximum absolute atomic E-state index is 13.1. The number of fused-ring (bicyclic) bond motifs is 1. The fourth-order valence-electron chi connectivity index (χ4n) is 3.89. The lowest BCUT2D eigenvalue weighted by Crippen LogP contribution is -2.75. The van der Waals surface area contributed by atoms with Crippen LogP contribution < -0.4 is 0 Å². The minimum Gasteiger partial charge on any atom is -0.460 e. The minimum absolute atomic E-state index is 0.0317. The molecule has 9 heteroatoms. The Kier molecular flexibility index (Phi) is 6.21. The first-order valence-electron chi connectivity index (χ1n) is 9.79. The van der Waals surface area contributed by atoms with Crippen LogP contribution in [0.15, 0.2) is 36.9 Å². The van der Waals surface area contributed by atoms with Crippen LogP contribution in [-0.2, 0) is 19.9 Å². The molecule has 168 valence electrons. The van der Waals surface area contributed by atoms with E-state index in [1.165, 1.54) is 34.9 Å². The first-order valence-corrected chi connectivity index (χ1v) is 11.5. The molecular weight excluding hydrogens is 486 g/mol. The van der Waals surface area contributed by atoms with E-state index in [9.17, 15) is 24.6 Å². The topological polar surface area (TPSA) is 104 Å². The van der Waals surface area contributed by atoms with Gasteiger partial charge in [0.05, 0.1) is 5.60 Å². The van der Waals surface area contributed by atoms with Crippen LogP contribution in [0.2, 0.25) is 0 Å². The third-order valence-corrected chi connectivity index (χ3v) is 8.78. The van der Waals surface area contributed by atoms with Crippen molar-refractivity contribution in [1.82, 2.24) is 4.90 Å². The monoisotopic (exact) mass is 511 g/mol. The Bertz CT molecular complexity index is 925. The average molecular weight is 512 g/mol. The van der Waals surface area contributed by atoms with Gasteiger partial charge in [0.1, 0.15) is 24.1 Å². The minimum atomic E-state index is -1.65. The lowest BCUT2D eigenvalue weighted by Gasteiger charge is -2.51. The Morgan fingerprint density at radius 1 is 1.35 bits per heavy atom. The number of halogens is 1. The van der Waals surface area contributed by atoms with Gasteiger partial charge in [-0.1, -0.05) is 52.9 Å². The maximum Gasteiger partial charge on any atom is 0.330 e. The fraction of sp³-hybridized carbons (Fsp3) is 0.500. The number of β-lactam (4-membered cyclic amide) rings is 1. The van der Waals surface area contributed by atoms with Gasteiger partial charge in [-0.3, -0.25) is 9.59 Å². The number of thioether (sulfide) groups is 1. The van der Waals surface area contributed by atoms with E-state index in [-0.39, 0.29) is 12.2 Å². The summed E-state index contributed by atoms with van der Waals surface area (Å²) in [5.74, 6) is -1.71. The normalized spacial score (nSPS) is 27.8. The summed E-state index contributed by atoms with van der Waals surface area (Å²) in [5.41, 5.74) is -0.232. The number of hydrogen-bond acceptors (Lipinski definition) is 7. The van der Waals surface area contributed by atoms with E-state index in [4.69, 9.17) is 4.74 Å². The van der Waals surface area contributed by atoms with E-state index >= 15 is 0 Å². The van der Waals surface area contributed by atoms with Crippen molar-refractivity contribution < 1.29 is 29.3 Å². The number of nitrogens with zero attached hydrogens (tertiary/aromatic N) is 1. The fourth-order valence-corrected chi connectivity index (χ4v) is 6.45. The molecule has 2 fully saturated rings. The number of ether oxygens (including phenoxy) is 1. The second-order valence-electron chi connectivity index (χ2n) is 8.78. The maximum atomic E-state index is 13.1. The molecule has 1 aromatic carbocycles. The zero-order valence-electron chi connectivity index (χ0n) is 17.8. The summed E-state index contributed by atoms with van der Waals surface area (Å²) >= 11 is 4.67. The summed E-state index contributed by atoms with van der Waals surface area (Å²) in [5, 5.41) is 20.4. The predicted molar refractivity (Wildman–Crippen MR) is 121 cm³/mol. The highest BCUT2D eigenvalue weighted by atomic mass is 79.9. The van der Waals surface area contributed by atoms with Crippen LogP contribution >= 0.6 is 27.7 Å². The van der Waals surface area contributed by atoms with Crippen molar-refractivity contribution >= 4 is 45.4 Å². The highest BCUT2D eigenvalue weighted by Crippen LogP contribution is 2.59. The molecule has 0 spiro atoms. The number of amides is 1. The molecule has 0 aliphatic carbocycles. The number of benzene rings is 1. The molecular formula is C22H26BrNO6S. The number of Topliss-reactive ketones (excluding diaryl/α,β-unsaturated/α-hetero) is 1. The smallest absolute Gasteiger partial charge is 0.330 e. The van der Waals surface area contributed by atoms with Crippen LogP contribution in [0.5, 0.6) is 0 Å². The van der Waals surface area contributed by atoms with Crippen LogP contribution in [0.4, 0.5) is 0 Å². The molecule has 7 nitrogen and oxygen atoms in total. The van der Waals surface area contributed by atoms with Gasteiger partial charge in [-0.05, 0) is 33.3 Å². The Morgan fingerprint density at radius 3 is 2.45 bits per heavy atom. The van der Waals surface area contributed by atoms with Gasteiger partial charge in [-0.25, -0.2) is 4.79 Å². The summed E-state index contributed by atoms with van der Waals surface area (Å²) in [6.07, 6.45) is -0.205. The lowest BCUT2D eigenvalue weighted by atomic mass is 9.84. The molecule has 0 radical (unpaired) electrons. The van der Waals surface area contributed by atoms with Gasteiger partial charge < -0.3 is 19.8 Å². The molecule has 2 aliphatic heterocycles. The van der Waals surface area contributed by atoms with Crippen LogP contribution in [-0.4, -0.2) is 66.0 Å². The molecule has 2 N–H and O–H groups in total. The van der Waals surface area contributed by atoms with Gasteiger partial charge >= 0.3 is 5.97 Å². The van der Waals surface area contributed by atoms with Crippen LogP contribution in [0, 0.1) is 0 Å². The molecule has 0 aromatic heterocycles. The van der Waals surface area contributed by atoms with Gasteiger partial charge in [0.25, 0.3) is 0 Å². The average Bonchev–Trinajstić information content (AvgIpc) is 2.98. The first kappa shape index (κ1) is 24.0. The van der Waals surface area contributed by atoms with E-state index in [1.807, 2.05) is 13.8 Å². The number of carbonyl (C=O) groups excluding carboxylic acids is 3. The van der Waals surface area contributed by atoms with Crippen LogP contribution in [0.25, 0.3) is 0 Å². The molecule has 2 saturated heterocycles. The molecule has 4 atom stereocenters. The number of hydrogen-bond donors (Lipinski definition) is 2. The van der Waals surface area contributed by atoms with Gasteiger partial charge in [0.15, 0.2) is 10.1 Å². The van der Waals surface area contributed by atoms with Gasteiger partial charge in [0, 0.05) is 10.3 Å². The summed E-state index contributed by atoms with van der Waals surface area (Å²) in [7, 11) is 0. The highest BCUT2D eigenvalue weighted by molar-refractivity contribution is 9.10. The number of aliphatic hydroxyl groups excluding tert-OH is 1. The van der Waals surface area contributed by atoms with E-state index in [1.54, 1.807) is 26.0 Å². The standard InChI is InChI=1S/C22H26BrNO6S/c1-6-11-30-17(27)15-21(4,5)31-19-22(23,18(28)24(15)19)16(26)14(25)12-7-9-13(10-8-12)20(2,3)29/h6-10,15-16,19,26,29H,1,11H2,2-5H3/t15-,16?,19+,22-/m0/s1. The number of ketones is 1. The van der Waals surface area contributed by atoms with Crippen molar-refractivity contribution in [3.8, 4) is 0 Å². The molecule has 1 aromatic rings. The lowest BCUT2D eigenvalue weighted by molar-refractivity contribution is -0.166. The summed E-state index contributed by atoms with van der Waals surface area (Å²) in [4.78, 5) is 40.0. The van der Waals surface area contributed by atoms with E-state index < -0.39 is 49.9 Å². The van der Waals surface area contributed by atoms with E-state index in [0.29, 0.717) is 5.56 Å². The van der Waals surface area contributed by atoms with E-state index in [2.05, 4.69) is 22.5 Å². The first-order chi connectivity index (χ1) is 14.3. The number of aliphatic hydroxyl groups is 2. The van der Waals surface area contributed by atoms with E-state index in [0.717, 1.165) is 0 Å².